The Morgan fingerprint density at radius 3 is 2.52 bits per heavy atom. The molecule has 0 saturated carbocycles. The summed E-state index contributed by atoms with van der Waals surface area (Å²) in [5.74, 6) is -1.15. The topological polar surface area (TPSA) is 59.1 Å². The summed E-state index contributed by atoms with van der Waals surface area (Å²) in [6.45, 7) is 0.477. The molecule has 0 saturated heterocycles. The number of carbonyl (C=O) groups excluding carboxylic acids is 2. The summed E-state index contributed by atoms with van der Waals surface area (Å²) in [6.07, 6.45) is 1.67. The molecule has 1 heterocycles. The van der Waals surface area contributed by atoms with E-state index in [2.05, 4.69) is 10.3 Å². The van der Waals surface area contributed by atoms with Crippen LogP contribution in [0.2, 0.25) is 0 Å². The van der Waals surface area contributed by atoms with Crippen LogP contribution >= 0.6 is 11.3 Å². The number of amides is 1. The van der Waals surface area contributed by atoms with Crippen molar-refractivity contribution in [3.8, 4) is 0 Å². The molecule has 1 amide bonds. The molecule has 0 radical (unpaired) electrons. The number of para-hydroxylation sites is 1. The molecule has 3 aromatic rings. The second kappa shape index (κ2) is 7.15. The van der Waals surface area contributed by atoms with Gasteiger partial charge in [-0.3, -0.25) is 9.59 Å². The van der Waals surface area contributed by atoms with Crippen molar-refractivity contribution in [2.45, 2.75) is 12.8 Å². The van der Waals surface area contributed by atoms with Crippen molar-refractivity contribution in [2.75, 3.05) is 6.54 Å². The SMILES string of the molecule is O=C(NCCCc1ccccc1)C(=O)c1nc2ccccc2s1. The Kier molecular flexibility index (Phi) is 4.78. The third-order valence-electron chi connectivity index (χ3n) is 3.46. The summed E-state index contributed by atoms with van der Waals surface area (Å²) in [6, 6.07) is 17.5. The van der Waals surface area contributed by atoms with E-state index in [0.29, 0.717) is 6.54 Å². The third-order valence-corrected chi connectivity index (χ3v) is 4.50. The summed E-state index contributed by atoms with van der Waals surface area (Å²) in [4.78, 5) is 28.3. The Hall–Kier alpha value is -2.53. The van der Waals surface area contributed by atoms with Crippen molar-refractivity contribution in [1.29, 1.82) is 0 Å². The maximum atomic E-state index is 12.1. The van der Waals surface area contributed by atoms with Crippen molar-refractivity contribution in [3.05, 3.63) is 65.2 Å². The molecule has 0 aliphatic rings. The lowest BCUT2D eigenvalue weighted by Gasteiger charge is -2.03. The quantitative estimate of drug-likeness (QED) is 0.430. The number of carbonyl (C=O) groups is 2. The number of rotatable bonds is 6. The summed E-state index contributed by atoms with van der Waals surface area (Å²) >= 11 is 1.25. The highest BCUT2D eigenvalue weighted by molar-refractivity contribution is 7.20. The van der Waals surface area contributed by atoms with Gasteiger partial charge in [-0.25, -0.2) is 4.98 Å². The highest BCUT2D eigenvalue weighted by atomic mass is 32.1. The molecule has 0 aliphatic carbocycles. The van der Waals surface area contributed by atoms with Gasteiger partial charge in [0.2, 0.25) is 0 Å². The smallest absolute Gasteiger partial charge is 0.294 e. The molecule has 4 nitrogen and oxygen atoms in total. The maximum absolute atomic E-state index is 12.1. The van der Waals surface area contributed by atoms with Crippen molar-refractivity contribution in [1.82, 2.24) is 10.3 Å². The number of fused-ring (bicyclic) bond motifs is 1. The molecular formula is C18H16N2O2S. The first-order valence-corrected chi connectivity index (χ1v) is 8.28. The van der Waals surface area contributed by atoms with Crippen LogP contribution in [0.5, 0.6) is 0 Å². The molecule has 0 unspecified atom stereocenters. The van der Waals surface area contributed by atoms with Gasteiger partial charge in [-0.15, -0.1) is 11.3 Å². The first-order valence-electron chi connectivity index (χ1n) is 7.46. The lowest BCUT2D eigenvalue weighted by Crippen LogP contribution is -2.31. The van der Waals surface area contributed by atoms with Crippen molar-refractivity contribution >= 4 is 33.2 Å². The molecule has 5 heteroatoms. The molecule has 0 bridgehead atoms. The second-order valence-electron chi connectivity index (χ2n) is 5.16. The molecule has 0 fully saturated rings. The summed E-state index contributed by atoms with van der Waals surface area (Å²) in [5, 5.41) is 2.92. The number of thiazole rings is 1. The van der Waals surface area contributed by atoms with E-state index in [9.17, 15) is 9.59 Å². The van der Waals surface area contributed by atoms with Gasteiger partial charge in [0.15, 0.2) is 5.01 Å². The second-order valence-corrected chi connectivity index (χ2v) is 6.19. The van der Waals surface area contributed by atoms with Gasteiger partial charge in [-0.2, -0.15) is 0 Å². The third kappa shape index (κ3) is 3.81. The summed E-state index contributed by atoms with van der Waals surface area (Å²) in [5.41, 5.74) is 1.97. The molecule has 0 aliphatic heterocycles. The zero-order valence-electron chi connectivity index (χ0n) is 12.5. The van der Waals surface area contributed by atoms with Crippen LogP contribution in [0, 0.1) is 0 Å². The van der Waals surface area contributed by atoms with Gasteiger partial charge in [0, 0.05) is 6.54 Å². The lowest BCUT2D eigenvalue weighted by molar-refractivity contribution is -0.117. The zero-order valence-corrected chi connectivity index (χ0v) is 13.3. The van der Waals surface area contributed by atoms with Crippen molar-refractivity contribution in [3.63, 3.8) is 0 Å². The highest BCUT2D eigenvalue weighted by Gasteiger charge is 2.19. The minimum Gasteiger partial charge on any atom is -0.349 e. The Labute approximate surface area is 138 Å². The van der Waals surface area contributed by atoms with Gasteiger partial charge in [0.25, 0.3) is 11.7 Å². The van der Waals surface area contributed by atoms with Crippen molar-refractivity contribution in [2.24, 2.45) is 0 Å². The number of ketones is 1. The highest BCUT2D eigenvalue weighted by Crippen LogP contribution is 2.21. The van der Waals surface area contributed by atoms with Crippen LogP contribution in [-0.2, 0) is 11.2 Å². The van der Waals surface area contributed by atoms with Crippen LogP contribution in [0.25, 0.3) is 10.2 Å². The van der Waals surface area contributed by atoms with E-state index in [1.54, 1.807) is 0 Å². The molecule has 1 N–H and O–H groups in total. The van der Waals surface area contributed by atoms with Crippen LogP contribution in [-0.4, -0.2) is 23.2 Å². The maximum Gasteiger partial charge on any atom is 0.294 e. The number of aromatic nitrogens is 1. The number of hydrogen-bond donors (Lipinski definition) is 1. The van der Waals surface area contributed by atoms with Crippen molar-refractivity contribution < 1.29 is 9.59 Å². The van der Waals surface area contributed by atoms with E-state index in [1.165, 1.54) is 16.9 Å². The van der Waals surface area contributed by atoms with E-state index in [1.807, 2.05) is 54.6 Å². The largest absolute Gasteiger partial charge is 0.349 e. The van der Waals surface area contributed by atoms with E-state index >= 15 is 0 Å². The Balaban J connectivity index is 1.52. The first-order chi connectivity index (χ1) is 11.2. The van der Waals surface area contributed by atoms with Crippen LogP contribution in [0.15, 0.2) is 54.6 Å². The van der Waals surface area contributed by atoms with Gasteiger partial charge in [0.05, 0.1) is 10.2 Å². The van der Waals surface area contributed by atoms with Crippen LogP contribution < -0.4 is 5.32 Å². The molecule has 0 spiro atoms. The number of benzene rings is 2. The predicted molar refractivity (Wildman–Crippen MR) is 91.7 cm³/mol. The fourth-order valence-corrected chi connectivity index (χ4v) is 3.19. The average molecular weight is 324 g/mol. The molecule has 1 aromatic heterocycles. The number of nitrogens with zero attached hydrogens (tertiary/aromatic N) is 1. The lowest BCUT2D eigenvalue weighted by atomic mass is 10.1. The predicted octanol–water partition coefficient (Wildman–Crippen LogP) is 3.23. The molecule has 0 atom stereocenters. The van der Waals surface area contributed by atoms with E-state index in [0.717, 1.165) is 23.1 Å². The van der Waals surface area contributed by atoms with Crippen LogP contribution in [0.4, 0.5) is 0 Å². The normalized spacial score (nSPS) is 10.6. The Morgan fingerprint density at radius 1 is 1.00 bits per heavy atom. The molecule has 116 valence electrons. The Bertz CT molecular complexity index is 794. The summed E-state index contributed by atoms with van der Waals surface area (Å²) in [7, 11) is 0. The summed E-state index contributed by atoms with van der Waals surface area (Å²) < 4.78 is 0.910. The number of aryl methyl sites for hydroxylation is 1. The molecule has 23 heavy (non-hydrogen) atoms. The molecule has 3 rings (SSSR count). The minimum absolute atomic E-state index is 0.242. The van der Waals surface area contributed by atoms with Gasteiger partial charge < -0.3 is 5.32 Å². The van der Waals surface area contributed by atoms with Gasteiger partial charge in [-0.1, -0.05) is 42.5 Å². The van der Waals surface area contributed by atoms with Crippen LogP contribution in [0.1, 0.15) is 21.8 Å². The standard InChI is InChI=1S/C18H16N2O2S/c21-16(18-20-14-10-4-5-11-15(14)23-18)17(22)19-12-6-9-13-7-2-1-3-8-13/h1-5,7-8,10-11H,6,9,12H2,(H,19,22). The minimum atomic E-state index is -0.586. The van der Waals surface area contributed by atoms with E-state index in [-0.39, 0.29) is 5.01 Å². The average Bonchev–Trinajstić information content (AvgIpc) is 3.03. The Morgan fingerprint density at radius 2 is 1.74 bits per heavy atom. The fraction of sp³-hybridized carbons (Fsp3) is 0.167. The molecule has 2 aromatic carbocycles. The zero-order chi connectivity index (χ0) is 16.1. The monoisotopic (exact) mass is 324 g/mol. The van der Waals surface area contributed by atoms with E-state index < -0.39 is 11.7 Å². The number of hydrogen-bond acceptors (Lipinski definition) is 4. The fourth-order valence-electron chi connectivity index (χ4n) is 2.29. The van der Waals surface area contributed by atoms with Crippen LogP contribution in [0.3, 0.4) is 0 Å². The molecular weight excluding hydrogens is 308 g/mol. The number of Topliss-reactive ketones (excluding diaryl/α,β-unsaturated/α-hetero) is 1. The number of nitrogens with one attached hydrogen (secondary N) is 1. The van der Waals surface area contributed by atoms with E-state index in [4.69, 9.17) is 0 Å². The van der Waals surface area contributed by atoms with Gasteiger partial charge in [0.1, 0.15) is 0 Å². The first kappa shape index (κ1) is 15.4. The van der Waals surface area contributed by atoms with Gasteiger partial charge >= 0.3 is 0 Å². The van der Waals surface area contributed by atoms with Gasteiger partial charge in [-0.05, 0) is 30.5 Å².